The van der Waals surface area contributed by atoms with Crippen LogP contribution in [0.15, 0.2) is 11.6 Å². The molecule has 2 heterocycles. The van der Waals surface area contributed by atoms with Crippen molar-refractivity contribution in [2.45, 2.75) is 120 Å². The zero-order valence-electron chi connectivity index (χ0n) is 22.9. The van der Waals surface area contributed by atoms with Gasteiger partial charge in [-0.1, -0.05) is 6.92 Å². The maximum absolute atomic E-state index is 12.4. The average Bonchev–Trinajstić information content (AvgIpc) is 3.45. The Morgan fingerprint density at radius 2 is 1.72 bits per heavy atom. The van der Waals surface area contributed by atoms with Crippen LogP contribution >= 0.6 is 0 Å². The molecular weight excluding hydrogens is 508 g/mol. The molecular formula is C29H44O10. The summed E-state index contributed by atoms with van der Waals surface area (Å²) in [5.74, 6) is -0.387. The van der Waals surface area contributed by atoms with Gasteiger partial charge in [0.2, 0.25) is 0 Å². The molecule has 0 radical (unpaired) electrons. The molecule has 0 bridgehead atoms. The van der Waals surface area contributed by atoms with E-state index in [1.165, 1.54) is 0 Å². The van der Waals surface area contributed by atoms with Crippen LogP contribution in [0, 0.1) is 28.6 Å². The average molecular weight is 553 g/mol. The molecule has 0 aromatic heterocycles. The Balaban J connectivity index is 1.22. The fourth-order valence-corrected chi connectivity index (χ4v) is 9.93. The van der Waals surface area contributed by atoms with Crippen molar-refractivity contribution in [3.63, 3.8) is 0 Å². The summed E-state index contributed by atoms with van der Waals surface area (Å²) >= 11 is 0. The van der Waals surface area contributed by atoms with Crippen LogP contribution in [0.1, 0.15) is 71.6 Å². The molecule has 220 valence electrons. The third-order valence-electron chi connectivity index (χ3n) is 12.2. The van der Waals surface area contributed by atoms with E-state index < -0.39 is 58.8 Å². The third-order valence-corrected chi connectivity index (χ3v) is 12.2. The highest BCUT2D eigenvalue weighted by Gasteiger charge is 2.71. The Morgan fingerprint density at radius 1 is 0.974 bits per heavy atom. The van der Waals surface area contributed by atoms with Crippen LogP contribution in [-0.4, -0.2) is 97.8 Å². The van der Waals surface area contributed by atoms with Gasteiger partial charge >= 0.3 is 5.97 Å². The summed E-state index contributed by atoms with van der Waals surface area (Å²) in [4.78, 5) is 11.8. The lowest BCUT2D eigenvalue weighted by molar-refractivity contribution is -0.322. The Kier molecular flexibility index (Phi) is 6.80. The molecule has 4 aliphatic carbocycles. The fourth-order valence-electron chi connectivity index (χ4n) is 9.93. The van der Waals surface area contributed by atoms with Crippen LogP contribution in [-0.2, 0) is 19.0 Å². The molecule has 2 aliphatic heterocycles. The highest BCUT2D eigenvalue weighted by atomic mass is 16.7. The standard InChI is InChI=1S/C29H44O10/c1-15-22(32)23(33)24(34)25(38-15)39-17-3-8-27(14-30)19-4-7-26(2)18(16-11-21(31)37-13-16)6-10-29(26,36)20(19)5-9-28(27,35)12-17/h11,15,17-20,22-25,30,32-36H,3-10,12-14H2,1-2H3/t15-,17-,18+,19?,20?,22-,23+,24+,25-,26+,27-,28-,29-/m0/s1. The number of aliphatic hydroxyl groups excluding tert-OH is 4. The van der Waals surface area contributed by atoms with E-state index in [1.54, 1.807) is 13.0 Å². The first-order chi connectivity index (χ1) is 18.4. The van der Waals surface area contributed by atoms with Gasteiger partial charge in [0, 0.05) is 23.3 Å². The second kappa shape index (κ2) is 9.46. The highest BCUT2D eigenvalue weighted by Crippen LogP contribution is 2.70. The van der Waals surface area contributed by atoms with Crippen molar-refractivity contribution in [3.05, 3.63) is 11.6 Å². The van der Waals surface area contributed by atoms with Crippen molar-refractivity contribution >= 4 is 5.97 Å². The fraction of sp³-hybridized carbons (Fsp3) is 0.897. The number of esters is 1. The van der Waals surface area contributed by atoms with Crippen molar-refractivity contribution in [1.29, 1.82) is 0 Å². The monoisotopic (exact) mass is 552 g/mol. The smallest absolute Gasteiger partial charge is 0.331 e. The molecule has 2 unspecified atom stereocenters. The third kappa shape index (κ3) is 3.86. The lowest BCUT2D eigenvalue weighted by atomic mass is 9.41. The van der Waals surface area contributed by atoms with E-state index in [0.29, 0.717) is 38.7 Å². The summed E-state index contributed by atoms with van der Waals surface area (Å²) in [6.45, 7) is 3.85. The molecule has 0 aromatic rings. The van der Waals surface area contributed by atoms with Crippen molar-refractivity contribution < 1.29 is 49.6 Å². The van der Waals surface area contributed by atoms with Gasteiger partial charge in [-0.25, -0.2) is 4.79 Å². The number of hydrogen-bond acceptors (Lipinski definition) is 10. The van der Waals surface area contributed by atoms with Crippen LogP contribution in [0.4, 0.5) is 0 Å². The Labute approximate surface area is 229 Å². The molecule has 39 heavy (non-hydrogen) atoms. The normalized spacial score (nSPS) is 55.3. The number of carbonyl (C=O) groups is 1. The Morgan fingerprint density at radius 3 is 2.41 bits per heavy atom. The minimum Gasteiger partial charge on any atom is -0.458 e. The van der Waals surface area contributed by atoms with Gasteiger partial charge in [-0.15, -0.1) is 0 Å². The SMILES string of the molecule is C[C@@H]1O[C@@H](O[C@H]2CC[C@]3(CO)C4CC[C@]5(C)[C@@H](C6=CC(=O)OC6)CC[C@]5(O)C4CC[C@]3(O)C2)[C@H](O)[C@H](O)[C@H]1O. The number of carbonyl (C=O) groups excluding carboxylic acids is 1. The number of hydrogen-bond donors (Lipinski definition) is 6. The number of cyclic esters (lactones) is 1. The number of aliphatic hydroxyl groups is 6. The van der Waals surface area contributed by atoms with Gasteiger partial charge in [0.15, 0.2) is 6.29 Å². The van der Waals surface area contributed by atoms with Crippen molar-refractivity contribution in [3.8, 4) is 0 Å². The predicted molar refractivity (Wildman–Crippen MR) is 136 cm³/mol. The molecule has 10 nitrogen and oxygen atoms in total. The lowest BCUT2D eigenvalue weighted by Crippen LogP contribution is -2.69. The molecule has 0 aromatic carbocycles. The van der Waals surface area contributed by atoms with Crippen LogP contribution in [0.2, 0.25) is 0 Å². The van der Waals surface area contributed by atoms with Crippen LogP contribution in [0.3, 0.4) is 0 Å². The molecule has 6 N–H and O–H groups in total. The maximum atomic E-state index is 12.4. The summed E-state index contributed by atoms with van der Waals surface area (Å²) in [6, 6.07) is 0. The first-order valence-corrected chi connectivity index (χ1v) is 14.7. The van der Waals surface area contributed by atoms with Gasteiger partial charge in [0.25, 0.3) is 0 Å². The van der Waals surface area contributed by atoms with E-state index in [1.807, 2.05) is 0 Å². The molecule has 5 fully saturated rings. The molecule has 6 rings (SSSR count). The molecule has 10 heteroatoms. The van der Waals surface area contributed by atoms with Gasteiger partial charge in [-0.05, 0) is 81.6 Å². The first-order valence-electron chi connectivity index (χ1n) is 14.7. The minimum atomic E-state index is -1.41. The van der Waals surface area contributed by atoms with Crippen LogP contribution < -0.4 is 0 Å². The Bertz CT molecular complexity index is 1020. The summed E-state index contributed by atoms with van der Waals surface area (Å²) in [5.41, 5.74) is -2.40. The predicted octanol–water partition coefficient (Wildman–Crippen LogP) is 0.543. The van der Waals surface area contributed by atoms with E-state index in [4.69, 9.17) is 14.2 Å². The molecule has 0 amide bonds. The quantitative estimate of drug-likeness (QED) is 0.214. The maximum Gasteiger partial charge on any atom is 0.331 e. The number of rotatable bonds is 4. The molecule has 13 atom stereocenters. The zero-order valence-corrected chi connectivity index (χ0v) is 22.9. The van der Waals surface area contributed by atoms with Crippen molar-refractivity contribution in [2.24, 2.45) is 28.6 Å². The summed E-state index contributed by atoms with van der Waals surface area (Å²) < 4.78 is 16.9. The van der Waals surface area contributed by atoms with E-state index in [2.05, 4.69) is 6.92 Å². The highest BCUT2D eigenvalue weighted by molar-refractivity contribution is 5.85. The van der Waals surface area contributed by atoms with Gasteiger partial charge in [0.05, 0.1) is 30.0 Å². The second-order valence-electron chi connectivity index (χ2n) is 13.6. The molecule has 4 saturated carbocycles. The minimum absolute atomic E-state index is 0.0667. The zero-order chi connectivity index (χ0) is 28.0. The number of fused-ring (bicyclic) bond motifs is 5. The second-order valence-corrected chi connectivity index (χ2v) is 13.6. The Hall–Kier alpha value is -1.11. The van der Waals surface area contributed by atoms with Gasteiger partial charge in [-0.3, -0.25) is 0 Å². The van der Waals surface area contributed by atoms with E-state index >= 15 is 0 Å². The van der Waals surface area contributed by atoms with Gasteiger partial charge in [-0.2, -0.15) is 0 Å². The molecule has 0 spiro atoms. The van der Waals surface area contributed by atoms with E-state index in [-0.39, 0.29) is 36.8 Å². The van der Waals surface area contributed by atoms with E-state index in [0.717, 1.165) is 24.8 Å². The summed E-state index contributed by atoms with van der Waals surface area (Å²) in [7, 11) is 0. The molecule has 1 saturated heterocycles. The summed E-state index contributed by atoms with van der Waals surface area (Å²) in [5, 5.41) is 66.1. The van der Waals surface area contributed by atoms with E-state index in [9.17, 15) is 35.4 Å². The topological polar surface area (TPSA) is 166 Å². The van der Waals surface area contributed by atoms with Gasteiger partial charge < -0.3 is 44.8 Å². The first kappa shape index (κ1) is 28.0. The largest absolute Gasteiger partial charge is 0.458 e. The molecule has 6 aliphatic rings. The van der Waals surface area contributed by atoms with Crippen LogP contribution in [0.25, 0.3) is 0 Å². The van der Waals surface area contributed by atoms with Crippen LogP contribution in [0.5, 0.6) is 0 Å². The lowest BCUT2D eigenvalue weighted by Gasteiger charge is -2.66. The number of ether oxygens (including phenoxy) is 3. The van der Waals surface area contributed by atoms with Gasteiger partial charge in [0.1, 0.15) is 24.9 Å². The summed E-state index contributed by atoms with van der Waals surface area (Å²) in [6.07, 6.45) is 0.474. The van der Waals surface area contributed by atoms with Crippen molar-refractivity contribution in [2.75, 3.05) is 13.2 Å². The van der Waals surface area contributed by atoms with Crippen molar-refractivity contribution in [1.82, 2.24) is 0 Å².